The molecule has 0 radical (unpaired) electrons. The molecule has 156 valence electrons. The average Bonchev–Trinajstić information content (AvgIpc) is 3.29. The van der Waals surface area contributed by atoms with Gasteiger partial charge in [-0.05, 0) is 49.2 Å². The summed E-state index contributed by atoms with van der Waals surface area (Å²) in [5, 5.41) is 20.4. The third-order valence-corrected chi connectivity index (χ3v) is 5.79. The number of aromatic nitrogens is 5. The number of nitrogens with zero attached hydrogens (tertiary/aromatic N) is 6. The van der Waals surface area contributed by atoms with Gasteiger partial charge in [0.25, 0.3) is 0 Å². The molecule has 4 rings (SSSR count). The summed E-state index contributed by atoms with van der Waals surface area (Å²) in [5.41, 5.74) is 0.515. The highest BCUT2D eigenvalue weighted by molar-refractivity contribution is 7.89. The quantitative estimate of drug-likeness (QED) is 0.599. The summed E-state index contributed by atoms with van der Waals surface area (Å²) in [4.78, 5) is 18.6. The highest BCUT2D eigenvalue weighted by Crippen LogP contribution is 2.23. The van der Waals surface area contributed by atoms with E-state index in [1.54, 1.807) is 12.4 Å². The Morgan fingerprint density at radius 1 is 1.10 bits per heavy atom. The number of benzene rings is 1. The number of hydrogen-bond acceptors (Lipinski definition) is 8. The van der Waals surface area contributed by atoms with Crippen LogP contribution in [0.2, 0.25) is 0 Å². The molecule has 1 fully saturated rings. The summed E-state index contributed by atoms with van der Waals surface area (Å²) in [6.45, 7) is 1.29. The molecular weight excluding hydrogens is 408 g/mol. The van der Waals surface area contributed by atoms with Gasteiger partial charge >= 0.3 is 0 Å². The monoisotopic (exact) mass is 428 g/mol. The largest absolute Gasteiger partial charge is 0.354 e. The minimum absolute atomic E-state index is 0.00254. The van der Waals surface area contributed by atoms with E-state index in [4.69, 9.17) is 5.14 Å². The summed E-state index contributed by atoms with van der Waals surface area (Å²) in [6.07, 6.45) is 4.56. The number of nitrogens with one attached hydrogen (secondary N) is 1. The molecule has 1 atom stereocenters. The fourth-order valence-electron chi connectivity index (χ4n) is 3.31. The summed E-state index contributed by atoms with van der Waals surface area (Å²) in [7, 11) is -3.77. The zero-order chi connectivity index (χ0) is 21.1. The Kier molecular flexibility index (Phi) is 5.42. The molecule has 1 amide bonds. The predicted molar refractivity (Wildman–Crippen MR) is 108 cm³/mol. The second-order valence-corrected chi connectivity index (χ2v) is 8.50. The van der Waals surface area contributed by atoms with Gasteiger partial charge in [0.1, 0.15) is 12.7 Å². The first-order chi connectivity index (χ1) is 14.4. The van der Waals surface area contributed by atoms with Crippen LogP contribution in [0.4, 0.5) is 11.5 Å². The van der Waals surface area contributed by atoms with E-state index in [9.17, 15) is 13.2 Å². The van der Waals surface area contributed by atoms with Gasteiger partial charge in [0.15, 0.2) is 11.6 Å². The van der Waals surface area contributed by atoms with Crippen LogP contribution in [0, 0.1) is 5.92 Å². The third-order valence-electron chi connectivity index (χ3n) is 4.86. The number of primary sulfonamides is 1. The average molecular weight is 428 g/mol. The Labute approximate surface area is 173 Å². The van der Waals surface area contributed by atoms with E-state index >= 15 is 0 Å². The van der Waals surface area contributed by atoms with E-state index < -0.39 is 10.0 Å². The molecule has 3 aromatic rings. The van der Waals surface area contributed by atoms with Gasteiger partial charge in [0.05, 0.1) is 10.8 Å². The molecular formula is C18H20N8O3S. The van der Waals surface area contributed by atoms with Crippen LogP contribution in [0.15, 0.2) is 53.9 Å². The van der Waals surface area contributed by atoms with E-state index in [2.05, 4.69) is 25.6 Å². The van der Waals surface area contributed by atoms with Crippen molar-refractivity contribution < 1.29 is 13.2 Å². The van der Waals surface area contributed by atoms with E-state index in [0.29, 0.717) is 23.9 Å². The topological polar surface area (TPSA) is 149 Å². The summed E-state index contributed by atoms with van der Waals surface area (Å²) in [5.74, 6) is 0.892. The Morgan fingerprint density at radius 3 is 2.47 bits per heavy atom. The van der Waals surface area contributed by atoms with E-state index in [-0.39, 0.29) is 16.7 Å². The van der Waals surface area contributed by atoms with Gasteiger partial charge in [0.2, 0.25) is 15.9 Å². The van der Waals surface area contributed by atoms with Crippen LogP contribution in [-0.2, 0) is 14.8 Å². The molecule has 0 unspecified atom stereocenters. The first-order valence-electron chi connectivity index (χ1n) is 9.27. The smallest absolute Gasteiger partial charge is 0.238 e. The number of sulfonamides is 1. The van der Waals surface area contributed by atoms with Crippen molar-refractivity contribution in [1.29, 1.82) is 0 Å². The van der Waals surface area contributed by atoms with Gasteiger partial charge in [-0.3, -0.25) is 4.79 Å². The first-order valence-corrected chi connectivity index (χ1v) is 10.8. The Hall–Kier alpha value is -3.38. The van der Waals surface area contributed by atoms with E-state index in [0.717, 1.165) is 19.4 Å². The van der Waals surface area contributed by atoms with Gasteiger partial charge in [-0.25, -0.2) is 23.2 Å². The van der Waals surface area contributed by atoms with Crippen LogP contribution in [-0.4, -0.2) is 52.4 Å². The van der Waals surface area contributed by atoms with Gasteiger partial charge in [0, 0.05) is 18.8 Å². The maximum atomic E-state index is 12.7. The number of amides is 1. The number of nitrogens with two attached hydrogens (primary N) is 1. The number of carbonyl (C=O) groups is 1. The fourth-order valence-corrected chi connectivity index (χ4v) is 3.82. The summed E-state index contributed by atoms with van der Waals surface area (Å²) >= 11 is 0. The van der Waals surface area contributed by atoms with E-state index in [1.165, 1.54) is 35.3 Å². The number of carbonyl (C=O) groups excluding carboxylic acids is 1. The number of anilines is 2. The molecule has 1 saturated heterocycles. The lowest BCUT2D eigenvalue weighted by atomic mass is 9.97. The van der Waals surface area contributed by atoms with Crippen molar-refractivity contribution in [2.24, 2.45) is 11.1 Å². The lowest BCUT2D eigenvalue weighted by molar-refractivity contribution is -0.120. The molecule has 3 heterocycles. The van der Waals surface area contributed by atoms with Crippen molar-refractivity contribution in [3.8, 4) is 5.82 Å². The SMILES string of the molecule is NS(=O)(=O)c1ccc(NC(=O)[C@H]2CCCN(c3ccc(-n4cncn4)nn3)C2)cc1. The maximum absolute atomic E-state index is 12.7. The van der Waals surface area contributed by atoms with Crippen molar-refractivity contribution >= 4 is 27.4 Å². The van der Waals surface area contributed by atoms with Crippen LogP contribution in [0.3, 0.4) is 0 Å². The molecule has 0 aliphatic carbocycles. The van der Waals surface area contributed by atoms with Crippen molar-refractivity contribution in [3.05, 3.63) is 49.1 Å². The number of hydrogen-bond donors (Lipinski definition) is 2. The summed E-state index contributed by atoms with van der Waals surface area (Å²) < 4.78 is 24.2. The second kappa shape index (κ2) is 8.16. The molecule has 2 aromatic heterocycles. The molecule has 0 spiro atoms. The molecule has 1 aliphatic rings. The van der Waals surface area contributed by atoms with Crippen LogP contribution in [0.1, 0.15) is 12.8 Å². The first kappa shape index (κ1) is 19.9. The van der Waals surface area contributed by atoms with Crippen molar-refractivity contribution in [2.75, 3.05) is 23.3 Å². The fraction of sp³-hybridized carbons (Fsp3) is 0.278. The van der Waals surface area contributed by atoms with E-state index in [1.807, 2.05) is 11.0 Å². The van der Waals surface area contributed by atoms with Gasteiger partial charge in [-0.1, -0.05) is 0 Å². The second-order valence-electron chi connectivity index (χ2n) is 6.93. The molecule has 0 bridgehead atoms. The minimum atomic E-state index is -3.77. The Bertz CT molecular complexity index is 1120. The summed E-state index contributed by atoms with van der Waals surface area (Å²) in [6, 6.07) is 9.41. The zero-order valence-corrected chi connectivity index (χ0v) is 16.7. The lowest BCUT2D eigenvalue weighted by Gasteiger charge is -2.32. The van der Waals surface area contributed by atoms with Crippen molar-refractivity contribution in [2.45, 2.75) is 17.7 Å². The minimum Gasteiger partial charge on any atom is -0.354 e. The van der Waals surface area contributed by atoms with Crippen LogP contribution >= 0.6 is 0 Å². The highest BCUT2D eigenvalue weighted by Gasteiger charge is 2.27. The molecule has 0 saturated carbocycles. The Balaban J connectivity index is 1.40. The predicted octanol–water partition coefficient (Wildman–Crippen LogP) is 0.560. The van der Waals surface area contributed by atoms with Crippen molar-refractivity contribution in [1.82, 2.24) is 25.0 Å². The molecule has 1 aliphatic heterocycles. The lowest BCUT2D eigenvalue weighted by Crippen LogP contribution is -2.41. The maximum Gasteiger partial charge on any atom is 0.238 e. The highest BCUT2D eigenvalue weighted by atomic mass is 32.2. The molecule has 3 N–H and O–H groups in total. The van der Waals surface area contributed by atoms with Gasteiger partial charge in [-0.2, -0.15) is 5.10 Å². The number of rotatable bonds is 5. The van der Waals surface area contributed by atoms with Crippen LogP contribution in [0.25, 0.3) is 5.82 Å². The van der Waals surface area contributed by atoms with Crippen LogP contribution < -0.4 is 15.4 Å². The standard InChI is InChI=1S/C18H20N8O3S/c19-30(28,29)15-5-3-14(4-6-15)22-18(27)13-2-1-9-25(10-13)16-7-8-17(24-23-16)26-12-20-11-21-26/h3-8,11-13H,1-2,9-10H2,(H,22,27)(H2,19,28,29)/t13-/m0/s1. The molecule has 12 heteroatoms. The Morgan fingerprint density at radius 2 is 1.83 bits per heavy atom. The third kappa shape index (κ3) is 4.44. The normalized spacial score (nSPS) is 17.0. The van der Waals surface area contributed by atoms with Crippen LogP contribution in [0.5, 0.6) is 0 Å². The zero-order valence-electron chi connectivity index (χ0n) is 15.9. The van der Waals surface area contributed by atoms with Crippen molar-refractivity contribution in [3.63, 3.8) is 0 Å². The molecule has 30 heavy (non-hydrogen) atoms. The van der Waals surface area contributed by atoms with Gasteiger partial charge < -0.3 is 10.2 Å². The van der Waals surface area contributed by atoms with Gasteiger partial charge in [-0.15, -0.1) is 10.2 Å². The molecule has 11 nitrogen and oxygen atoms in total. The molecule has 1 aromatic carbocycles. The number of piperidine rings is 1.